The van der Waals surface area contributed by atoms with Gasteiger partial charge in [0.1, 0.15) is 5.82 Å². The smallest absolute Gasteiger partial charge is 0.339 e. The van der Waals surface area contributed by atoms with Gasteiger partial charge in [-0.3, -0.25) is 19.5 Å². The number of likely N-dealkylation sites (tertiary alicyclic amines) is 1. The van der Waals surface area contributed by atoms with Gasteiger partial charge in [0.2, 0.25) is 0 Å². The van der Waals surface area contributed by atoms with Crippen molar-refractivity contribution in [3.05, 3.63) is 56.3 Å². The molecule has 1 saturated carbocycles. The molecule has 1 aromatic heterocycles. The fourth-order valence-corrected chi connectivity index (χ4v) is 3.73. The first-order chi connectivity index (χ1) is 13.0. The molecule has 0 unspecified atom stereocenters. The molecule has 27 heavy (non-hydrogen) atoms. The van der Waals surface area contributed by atoms with Gasteiger partial charge >= 0.3 is 5.69 Å². The molecule has 1 amide bonds. The van der Waals surface area contributed by atoms with E-state index in [-0.39, 0.29) is 29.2 Å². The Bertz CT molecular complexity index is 951. The number of hydrogen-bond acceptors (Lipinski definition) is 5. The molecular weight excluding hydrogens is 350 g/mol. The molecule has 1 saturated heterocycles. The minimum atomic E-state index is -0.499. The SMILES string of the molecule is Cn1nc(C2CCN(C(=O)c3cccc([N+](=O)[O-])c3)CC2)n(C2CC2)c1=O. The topological polar surface area (TPSA) is 103 Å². The highest BCUT2D eigenvalue weighted by atomic mass is 16.6. The number of amides is 1. The Balaban J connectivity index is 1.47. The molecule has 0 radical (unpaired) electrons. The highest BCUT2D eigenvalue weighted by Crippen LogP contribution is 2.37. The summed E-state index contributed by atoms with van der Waals surface area (Å²) < 4.78 is 3.22. The number of nitro groups is 1. The summed E-state index contributed by atoms with van der Waals surface area (Å²) in [7, 11) is 1.67. The highest BCUT2D eigenvalue weighted by molar-refractivity contribution is 5.94. The number of aryl methyl sites for hydroxylation is 1. The zero-order chi connectivity index (χ0) is 19.1. The van der Waals surface area contributed by atoms with E-state index in [0.29, 0.717) is 18.7 Å². The average Bonchev–Trinajstić information content (AvgIpc) is 3.47. The van der Waals surface area contributed by atoms with Crippen LogP contribution < -0.4 is 5.69 Å². The number of carbonyl (C=O) groups is 1. The number of nitro benzene ring substituents is 1. The molecule has 2 fully saturated rings. The average molecular weight is 371 g/mol. The zero-order valence-electron chi connectivity index (χ0n) is 15.1. The lowest BCUT2D eigenvalue weighted by atomic mass is 9.95. The first-order valence-electron chi connectivity index (χ1n) is 9.15. The van der Waals surface area contributed by atoms with Gasteiger partial charge in [0.25, 0.3) is 11.6 Å². The van der Waals surface area contributed by atoms with Crippen molar-refractivity contribution in [1.29, 1.82) is 0 Å². The first kappa shape index (κ1) is 17.4. The van der Waals surface area contributed by atoms with Crippen LogP contribution in [0.15, 0.2) is 29.1 Å². The Kier molecular flexibility index (Phi) is 4.29. The molecule has 9 heteroatoms. The van der Waals surface area contributed by atoms with Gasteiger partial charge in [0.05, 0.1) is 4.92 Å². The minimum absolute atomic E-state index is 0.0670. The van der Waals surface area contributed by atoms with Crippen LogP contribution in [-0.4, -0.2) is 43.2 Å². The summed E-state index contributed by atoms with van der Waals surface area (Å²) in [6.45, 7) is 1.09. The largest absolute Gasteiger partial charge is 0.345 e. The van der Waals surface area contributed by atoms with Gasteiger partial charge in [0, 0.05) is 49.8 Å². The Labute approximate surface area is 155 Å². The molecule has 1 aliphatic carbocycles. The van der Waals surface area contributed by atoms with Crippen molar-refractivity contribution in [2.45, 2.75) is 37.6 Å². The number of piperidine rings is 1. The van der Waals surface area contributed by atoms with Gasteiger partial charge in [-0.05, 0) is 31.7 Å². The van der Waals surface area contributed by atoms with E-state index in [1.807, 2.05) is 4.57 Å². The Hall–Kier alpha value is -2.97. The lowest BCUT2D eigenvalue weighted by molar-refractivity contribution is -0.384. The summed E-state index contributed by atoms with van der Waals surface area (Å²) >= 11 is 0. The van der Waals surface area contributed by atoms with Crippen LogP contribution in [0.25, 0.3) is 0 Å². The Morgan fingerprint density at radius 1 is 1.22 bits per heavy atom. The fourth-order valence-electron chi connectivity index (χ4n) is 3.73. The van der Waals surface area contributed by atoms with Crippen LogP contribution >= 0.6 is 0 Å². The maximum Gasteiger partial charge on any atom is 0.345 e. The number of nitrogens with zero attached hydrogens (tertiary/aromatic N) is 5. The van der Waals surface area contributed by atoms with Gasteiger partial charge in [-0.25, -0.2) is 9.48 Å². The van der Waals surface area contributed by atoms with Crippen molar-refractivity contribution >= 4 is 11.6 Å². The van der Waals surface area contributed by atoms with Gasteiger partial charge < -0.3 is 4.90 Å². The molecule has 9 nitrogen and oxygen atoms in total. The molecule has 2 aromatic rings. The quantitative estimate of drug-likeness (QED) is 0.603. The van der Waals surface area contributed by atoms with Crippen LogP contribution in [0, 0.1) is 10.1 Å². The molecule has 4 rings (SSSR count). The summed E-state index contributed by atoms with van der Waals surface area (Å²) in [5.41, 5.74) is 0.177. The molecule has 0 spiro atoms. The molecular formula is C18H21N5O4. The van der Waals surface area contributed by atoms with E-state index in [0.717, 1.165) is 31.5 Å². The lowest BCUT2D eigenvalue weighted by Crippen LogP contribution is -2.38. The Morgan fingerprint density at radius 2 is 1.93 bits per heavy atom. The predicted molar refractivity (Wildman–Crippen MR) is 96.7 cm³/mol. The summed E-state index contributed by atoms with van der Waals surface area (Å²) in [6, 6.07) is 6.09. The molecule has 142 valence electrons. The zero-order valence-corrected chi connectivity index (χ0v) is 15.1. The van der Waals surface area contributed by atoms with Crippen LogP contribution in [-0.2, 0) is 7.05 Å². The summed E-state index contributed by atoms with van der Waals surface area (Å²) in [4.78, 5) is 37.1. The van der Waals surface area contributed by atoms with Crippen LogP contribution in [0.2, 0.25) is 0 Å². The molecule has 2 heterocycles. The van der Waals surface area contributed by atoms with Crippen molar-refractivity contribution in [2.75, 3.05) is 13.1 Å². The number of non-ortho nitro benzene ring substituents is 1. The van der Waals surface area contributed by atoms with Crippen molar-refractivity contribution < 1.29 is 9.72 Å². The number of aromatic nitrogens is 3. The van der Waals surface area contributed by atoms with E-state index < -0.39 is 4.92 Å². The van der Waals surface area contributed by atoms with E-state index in [9.17, 15) is 19.7 Å². The van der Waals surface area contributed by atoms with Crippen molar-refractivity contribution in [3.63, 3.8) is 0 Å². The van der Waals surface area contributed by atoms with E-state index in [1.165, 1.54) is 22.9 Å². The highest BCUT2D eigenvalue weighted by Gasteiger charge is 2.34. The van der Waals surface area contributed by atoms with E-state index >= 15 is 0 Å². The maximum atomic E-state index is 12.7. The normalized spacial score (nSPS) is 17.9. The number of benzene rings is 1. The van der Waals surface area contributed by atoms with E-state index in [4.69, 9.17) is 0 Å². The van der Waals surface area contributed by atoms with Crippen LogP contribution in [0.5, 0.6) is 0 Å². The van der Waals surface area contributed by atoms with Crippen molar-refractivity contribution in [3.8, 4) is 0 Å². The number of hydrogen-bond donors (Lipinski definition) is 0. The third-order valence-corrected chi connectivity index (χ3v) is 5.35. The number of carbonyl (C=O) groups excluding carboxylic acids is 1. The second-order valence-corrected chi connectivity index (χ2v) is 7.24. The van der Waals surface area contributed by atoms with Gasteiger partial charge in [-0.15, -0.1) is 0 Å². The molecule has 0 atom stereocenters. The van der Waals surface area contributed by atoms with Crippen molar-refractivity contribution in [2.24, 2.45) is 7.05 Å². The molecule has 1 aliphatic heterocycles. The summed E-state index contributed by atoms with van der Waals surface area (Å²) in [6.07, 6.45) is 3.49. The van der Waals surface area contributed by atoms with Crippen LogP contribution in [0.1, 0.15) is 53.8 Å². The molecule has 0 N–H and O–H groups in total. The second kappa shape index (κ2) is 6.64. The standard InChI is InChI=1S/C18H21N5O4/c1-20-18(25)22(14-5-6-14)16(19-20)12-7-9-21(10-8-12)17(24)13-3-2-4-15(11-13)23(26)27/h2-4,11-12,14H,5-10H2,1H3. The monoisotopic (exact) mass is 371 g/mol. The Morgan fingerprint density at radius 3 is 2.56 bits per heavy atom. The summed E-state index contributed by atoms with van der Waals surface area (Å²) in [5, 5.41) is 15.4. The van der Waals surface area contributed by atoms with Gasteiger partial charge in [-0.1, -0.05) is 6.07 Å². The predicted octanol–water partition coefficient (Wildman–Crippen LogP) is 1.84. The minimum Gasteiger partial charge on any atom is -0.339 e. The molecule has 2 aliphatic rings. The van der Waals surface area contributed by atoms with Crippen LogP contribution in [0.3, 0.4) is 0 Å². The van der Waals surface area contributed by atoms with E-state index in [2.05, 4.69) is 5.10 Å². The number of rotatable bonds is 4. The van der Waals surface area contributed by atoms with Gasteiger partial charge in [-0.2, -0.15) is 5.10 Å². The fraction of sp³-hybridized carbons (Fsp3) is 0.500. The van der Waals surface area contributed by atoms with Gasteiger partial charge in [0.15, 0.2) is 0 Å². The lowest BCUT2D eigenvalue weighted by Gasteiger charge is -2.31. The first-order valence-corrected chi connectivity index (χ1v) is 9.15. The van der Waals surface area contributed by atoms with Crippen LogP contribution in [0.4, 0.5) is 5.69 Å². The summed E-state index contributed by atoms with van der Waals surface area (Å²) in [5.74, 6) is 0.777. The third kappa shape index (κ3) is 3.24. The second-order valence-electron chi connectivity index (χ2n) is 7.24. The van der Waals surface area contributed by atoms with E-state index in [1.54, 1.807) is 18.0 Å². The third-order valence-electron chi connectivity index (χ3n) is 5.35. The molecule has 1 aromatic carbocycles. The molecule has 0 bridgehead atoms. The van der Waals surface area contributed by atoms with Crippen molar-refractivity contribution in [1.82, 2.24) is 19.2 Å². The maximum absolute atomic E-state index is 12.7.